The monoisotopic (exact) mass is 259 g/mol. The number of nitrogens with one attached hydrogen (secondary N) is 1. The Balaban J connectivity index is 1.69. The van der Waals surface area contributed by atoms with Gasteiger partial charge in [-0.2, -0.15) is 5.26 Å². The standard InChI is InChI=1S/C13H17N5O/c14-10-11-3-8-18(9-4-11)12(19)2-7-17-13-15-5-1-6-16-13/h1,5-6,11H,2-4,7-9H2,(H,15,16,17). The van der Waals surface area contributed by atoms with E-state index in [4.69, 9.17) is 5.26 Å². The van der Waals surface area contributed by atoms with Crippen LogP contribution in [0.1, 0.15) is 19.3 Å². The minimum Gasteiger partial charge on any atom is -0.354 e. The highest BCUT2D eigenvalue weighted by atomic mass is 16.2. The number of rotatable bonds is 4. The molecule has 0 bridgehead atoms. The van der Waals surface area contributed by atoms with Crippen molar-refractivity contribution in [2.45, 2.75) is 19.3 Å². The van der Waals surface area contributed by atoms with Crippen LogP contribution >= 0.6 is 0 Å². The van der Waals surface area contributed by atoms with Crippen molar-refractivity contribution in [3.8, 4) is 6.07 Å². The van der Waals surface area contributed by atoms with Gasteiger partial charge in [-0.25, -0.2) is 9.97 Å². The lowest BCUT2D eigenvalue weighted by atomic mass is 9.98. The molecule has 1 amide bonds. The van der Waals surface area contributed by atoms with E-state index in [0.29, 0.717) is 32.0 Å². The van der Waals surface area contributed by atoms with Crippen LogP contribution in [-0.4, -0.2) is 40.4 Å². The number of anilines is 1. The van der Waals surface area contributed by atoms with E-state index in [2.05, 4.69) is 21.4 Å². The van der Waals surface area contributed by atoms with E-state index in [-0.39, 0.29) is 11.8 Å². The second kappa shape index (κ2) is 6.69. The van der Waals surface area contributed by atoms with E-state index in [0.717, 1.165) is 12.8 Å². The average molecular weight is 259 g/mol. The van der Waals surface area contributed by atoms with Crippen LogP contribution in [-0.2, 0) is 4.79 Å². The molecule has 1 aliphatic rings. The lowest BCUT2D eigenvalue weighted by Crippen LogP contribution is -2.38. The zero-order valence-corrected chi connectivity index (χ0v) is 10.7. The van der Waals surface area contributed by atoms with E-state index in [1.165, 1.54) is 0 Å². The Morgan fingerprint density at radius 1 is 1.42 bits per heavy atom. The van der Waals surface area contributed by atoms with Gasteiger partial charge in [-0.1, -0.05) is 0 Å². The number of hydrogen-bond acceptors (Lipinski definition) is 5. The summed E-state index contributed by atoms with van der Waals surface area (Å²) in [5, 5.41) is 11.8. The van der Waals surface area contributed by atoms with Gasteiger partial charge in [0.2, 0.25) is 11.9 Å². The molecule has 19 heavy (non-hydrogen) atoms. The molecule has 0 atom stereocenters. The Labute approximate surface area is 112 Å². The molecular weight excluding hydrogens is 242 g/mol. The van der Waals surface area contributed by atoms with Crippen LogP contribution in [0.5, 0.6) is 0 Å². The first-order valence-electron chi connectivity index (χ1n) is 6.48. The summed E-state index contributed by atoms with van der Waals surface area (Å²) in [6, 6.07) is 4.01. The second-order valence-corrected chi connectivity index (χ2v) is 4.53. The minimum absolute atomic E-state index is 0.111. The molecule has 0 aromatic carbocycles. The summed E-state index contributed by atoms with van der Waals surface area (Å²) >= 11 is 0. The zero-order chi connectivity index (χ0) is 13.5. The van der Waals surface area contributed by atoms with Gasteiger partial charge < -0.3 is 10.2 Å². The fourth-order valence-corrected chi connectivity index (χ4v) is 2.09. The predicted molar refractivity (Wildman–Crippen MR) is 70.1 cm³/mol. The van der Waals surface area contributed by atoms with Crippen molar-refractivity contribution in [3.63, 3.8) is 0 Å². The SMILES string of the molecule is N#CC1CCN(C(=O)CCNc2ncccn2)CC1. The summed E-state index contributed by atoms with van der Waals surface area (Å²) in [6.07, 6.45) is 5.32. The third-order valence-electron chi connectivity index (χ3n) is 3.22. The van der Waals surface area contributed by atoms with Gasteiger partial charge in [0.25, 0.3) is 0 Å². The Hall–Kier alpha value is -2.16. The zero-order valence-electron chi connectivity index (χ0n) is 10.7. The molecule has 0 spiro atoms. The Bertz CT molecular complexity index is 448. The van der Waals surface area contributed by atoms with Crippen LogP contribution in [0.3, 0.4) is 0 Å². The second-order valence-electron chi connectivity index (χ2n) is 4.53. The van der Waals surface area contributed by atoms with Crippen LogP contribution < -0.4 is 5.32 Å². The maximum atomic E-state index is 11.9. The van der Waals surface area contributed by atoms with Gasteiger partial charge in [-0.15, -0.1) is 0 Å². The van der Waals surface area contributed by atoms with Gasteiger partial charge >= 0.3 is 0 Å². The van der Waals surface area contributed by atoms with Crippen LogP contribution in [0.25, 0.3) is 0 Å². The largest absolute Gasteiger partial charge is 0.354 e. The smallest absolute Gasteiger partial charge is 0.224 e. The molecular formula is C13H17N5O. The van der Waals surface area contributed by atoms with Gasteiger partial charge in [-0.3, -0.25) is 4.79 Å². The van der Waals surface area contributed by atoms with Gasteiger partial charge in [0.15, 0.2) is 0 Å². The van der Waals surface area contributed by atoms with E-state index in [9.17, 15) is 4.79 Å². The molecule has 0 unspecified atom stereocenters. The molecule has 1 aliphatic heterocycles. The number of nitriles is 1. The summed E-state index contributed by atoms with van der Waals surface area (Å²) in [7, 11) is 0. The summed E-state index contributed by atoms with van der Waals surface area (Å²) < 4.78 is 0. The molecule has 0 saturated carbocycles. The predicted octanol–water partition coefficient (Wildman–Crippen LogP) is 1.04. The van der Waals surface area contributed by atoms with Crippen LogP contribution in [0.15, 0.2) is 18.5 Å². The van der Waals surface area contributed by atoms with Gasteiger partial charge in [0.05, 0.1) is 6.07 Å². The van der Waals surface area contributed by atoms with Crippen molar-refractivity contribution < 1.29 is 4.79 Å². The van der Waals surface area contributed by atoms with Crippen molar-refractivity contribution in [2.24, 2.45) is 5.92 Å². The fourth-order valence-electron chi connectivity index (χ4n) is 2.09. The number of piperidine rings is 1. The van der Waals surface area contributed by atoms with Crippen LogP contribution in [0, 0.1) is 17.2 Å². The first kappa shape index (κ1) is 13.3. The van der Waals surface area contributed by atoms with Gasteiger partial charge in [0, 0.05) is 44.4 Å². The minimum atomic E-state index is 0.111. The Morgan fingerprint density at radius 3 is 2.74 bits per heavy atom. The van der Waals surface area contributed by atoms with Crippen LogP contribution in [0.4, 0.5) is 5.95 Å². The summed E-state index contributed by atoms with van der Waals surface area (Å²) in [4.78, 5) is 21.8. The lowest BCUT2D eigenvalue weighted by Gasteiger charge is -2.29. The molecule has 1 fully saturated rings. The molecule has 1 aromatic rings. The highest BCUT2D eigenvalue weighted by Gasteiger charge is 2.21. The van der Waals surface area contributed by atoms with E-state index in [1.807, 2.05) is 4.90 Å². The van der Waals surface area contributed by atoms with Gasteiger partial charge in [0.1, 0.15) is 0 Å². The van der Waals surface area contributed by atoms with Crippen molar-refractivity contribution >= 4 is 11.9 Å². The van der Waals surface area contributed by atoms with Gasteiger partial charge in [-0.05, 0) is 18.9 Å². The summed E-state index contributed by atoms with van der Waals surface area (Å²) in [5.41, 5.74) is 0. The summed E-state index contributed by atoms with van der Waals surface area (Å²) in [6.45, 7) is 1.92. The third kappa shape index (κ3) is 3.91. The van der Waals surface area contributed by atoms with E-state index in [1.54, 1.807) is 18.5 Å². The molecule has 0 aliphatic carbocycles. The average Bonchev–Trinajstić information content (AvgIpc) is 2.48. The molecule has 2 rings (SSSR count). The van der Waals surface area contributed by atoms with E-state index < -0.39 is 0 Å². The Kier molecular flexibility index (Phi) is 4.67. The quantitative estimate of drug-likeness (QED) is 0.873. The Morgan fingerprint density at radius 2 is 2.11 bits per heavy atom. The molecule has 6 nitrogen and oxygen atoms in total. The number of carbonyl (C=O) groups excluding carboxylic acids is 1. The van der Waals surface area contributed by atoms with Crippen molar-refractivity contribution in [1.29, 1.82) is 5.26 Å². The third-order valence-corrected chi connectivity index (χ3v) is 3.22. The molecule has 1 aromatic heterocycles. The van der Waals surface area contributed by atoms with Crippen molar-refractivity contribution in [2.75, 3.05) is 25.0 Å². The van der Waals surface area contributed by atoms with Crippen molar-refractivity contribution in [3.05, 3.63) is 18.5 Å². The number of aromatic nitrogens is 2. The first-order chi connectivity index (χ1) is 9.29. The number of carbonyl (C=O) groups is 1. The van der Waals surface area contributed by atoms with E-state index >= 15 is 0 Å². The number of hydrogen-bond donors (Lipinski definition) is 1. The lowest BCUT2D eigenvalue weighted by molar-refractivity contribution is -0.132. The molecule has 1 saturated heterocycles. The van der Waals surface area contributed by atoms with Crippen LogP contribution in [0.2, 0.25) is 0 Å². The highest BCUT2D eigenvalue weighted by Crippen LogP contribution is 2.16. The molecule has 2 heterocycles. The number of likely N-dealkylation sites (tertiary alicyclic amines) is 1. The fraction of sp³-hybridized carbons (Fsp3) is 0.538. The molecule has 0 radical (unpaired) electrons. The molecule has 100 valence electrons. The van der Waals surface area contributed by atoms with Crippen molar-refractivity contribution in [1.82, 2.24) is 14.9 Å². The number of nitrogens with zero attached hydrogens (tertiary/aromatic N) is 4. The maximum Gasteiger partial charge on any atom is 0.224 e. The molecule has 1 N–H and O–H groups in total. The first-order valence-corrected chi connectivity index (χ1v) is 6.48. The number of amides is 1. The summed E-state index contributed by atoms with van der Waals surface area (Å²) in [5.74, 6) is 0.776. The maximum absolute atomic E-state index is 11.9. The molecule has 6 heteroatoms. The highest BCUT2D eigenvalue weighted by molar-refractivity contribution is 5.76. The normalized spacial score (nSPS) is 15.8. The topological polar surface area (TPSA) is 81.9 Å².